The largest absolute Gasteiger partial charge is 0.330 e. The molecule has 0 aromatic carbocycles. The highest BCUT2D eigenvalue weighted by Crippen LogP contribution is 2.25. The third kappa shape index (κ3) is 6.70. The molecule has 68 valence electrons. The van der Waals surface area contributed by atoms with Crippen LogP contribution in [0.4, 0.5) is 0 Å². The normalized spacial score (nSPS) is 15.0. The molecule has 0 saturated carbocycles. The summed E-state index contributed by atoms with van der Waals surface area (Å²) in [5, 5.41) is 0. The molecule has 11 heavy (non-hydrogen) atoms. The molecule has 0 bridgehead atoms. The zero-order chi connectivity index (χ0) is 8.91. The van der Waals surface area contributed by atoms with Crippen molar-refractivity contribution in [1.29, 1.82) is 0 Å². The van der Waals surface area contributed by atoms with Crippen LogP contribution in [0.3, 0.4) is 0 Å². The molecule has 2 heteroatoms. The van der Waals surface area contributed by atoms with E-state index in [-0.39, 0.29) is 0 Å². The first-order valence-electron chi connectivity index (χ1n) is 4.18. The van der Waals surface area contributed by atoms with E-state index in [0.29, 0.717) is 11.3 Å². The summed E-state index contributed by atoms with van der Waals surface area (Å²) in [6.45, 7) is 7.65. The van der Waals surface area contributed by atoms with Gasteiger partial charge in [-0.2, -0.15) is 11.8 Å². The van der Waals surface area contributed by atoms with Gasteiger partial charge in [0.25, 0.3) is 0 Å². The molecule has 0 heterocycles. The van der Waals surface area contributed by atoms with Gasteiger partial charge in [0.05, 0.1) is 0 Å². The lowest BCUT2D eigenvalue weighted by molar-refractivity contribution is 0.314. The first kappa shape index (κ1) is 11.3. The second-order valence-electron chi connectivity index (χ2n) is 4.32. The van der Waals surface area contributed by atoms with E-state index in [1.165, 1.54) is 12.2 Å². The van der Waals surface area contributed by atoms with Crippen LogP contribution in [-0.4, -0.2) is 18.6 Å². The molecule has 1 unspecified atom stereocenters. The summed E-state index contributed by atoms with van der Waals surface area (Å²) in [6, 6.07) is 0. The number of hydrogen-bond acceptors (Lipinski definition) is 2. The van der Waals surface area contributed by atoms with Gasteiger partial charge in [-0.15, -0.1) is 0 Å². The molecule has 0 fully saturated rings. The quantitative estimate of drug-likeness (QED) is 0.710. The molecule has 0 aromatic rings. The topological polar surface area (TPSA) is 26.0 Å². The van der Waals surface area contributed by atoms with Crippen LogP contribution in [0.2, 0.25) is 0 Å². The van der Waals surface area contributed by atoms with Crippen molar-refractivity contribution in [3.63, 3.8) is 0 Å². The molecule has 1 nitrogen and oxygen atoms in total. The van der Waals surface area contributed by atoms with Gasteiger partial charge >= 0.3 is 0 Å². The lowest BCUT2D eigenvalue weighted by atomic mass is 9.85. The van der Waals surface area contributed by atoms with Crippen molar-refractivity contribution < 1.29 is 0 Å². The average molecular weight is 175 g/mol. The molecule has 0 saturated heterocycles. The van der Waals surface area contributed by atoms with Gasteiger partial charge in [-0.1, -0.05) is 20.8 Å². The Morgan fingerprint density at radius 3 is 2.18 bits per heavy atom. The molecule has 0 rings (SSSR count). The van der Waals surface area contributed by atoms with Gasteiger partial charge in [-0.3, -0.25) is 0 Å². The van der Waals surface area contributed by atoms with Crippen molar-refractivity contribution in [1.82, 2.24) is 0 Å². The van der Waals surface area contributed by atoms with Crippen molar-refractivity contribution in [2.75, 3.05) is 18.6 Å². The predicted molar refractivity (Wildman–Crippen MR) is 55.0 cm³/mol. The first-order chi connectivity index (χ1) is 4.99. The van der Waals surface area contributed by atoms with Gasteiger partial charge in [0.1, 0.15) is 0 Å². The Bertz CT molecular complexity index is 96.2. The summed E-state index contributed by atoms with van der Waals surface area (Å²) < 4.78 is 0. The van der Waals surface area contributed by atoms with Crippen LogP contribution in [0, 0.1) is 11.3 Å². The number of hydrogen-bond donors (Lipinski definition) is 1. The van der Waals surface area contributed by atoms with E-state index in [1.54, 1.807) is 0 Å². The van der Waals surface area contributed by atoms with Crippen molar-refractivity contribution in [3.05, 3.63) is 0 Å². The van der Waals surface area contributed by atoms with E-state index in [2.05, 4.69) is 27.0 Å². The van der Waals surface area contributed by atoms with Crippen molar-refractivity contribution in [3.8, 4) is 0 Å². The van der Waals surface area contributed by atoms with Crippen molar-refractivity contribution >= 4 is 11.8 Å². The van der Waals surface area contributed by atoms with E-state index in [0.717, 1.165) is 6.54 Å². The van der Waals surface area contributed by atoms with Crippen LogP contribution in [-0.2, 0) is 0 Å². The zero-order valence-electron chi connectivity index (χ0n) is 8.18. The van der Waals surface area contributed by atoms with E-state index in [1.807, 2.05) is 11.8 Å². The fourth-order valence-electron chi connectivity index (χ4n) is 1.31. The van der Waals surface area contributed by atoms with E-state index in [9.17, 15) is 0 Å². The summed E-state index contributed by atoms with van der Waals surface area (Å²) in [4.78, 5) is 0. The highest BCUT2D eigenvalue weighted by molar-refractivity contribution is 7.98. The molecule has 2 N–H and O–H groups in total. The highest BCUT2D eigenvalue weighted by Gasteiger charge is 2.16. The van der Waals surface area contributed by atoms with Gasteiger partial charge in [0.15, 0.2) is 0 Å². The fourth-order valence-corrected chi connectivity index (χ4v) is 2.04. The molecule has 0 aromatic heterocycles. The minimum absolute atomic E-state index is 0.430. The minimum Gasteiger partial charge on any atom is -0.330 e. The van der Waals surface area contributed by atoms with Crippen molar-refractivity contribution in [2.24, 2.45) is 17.1 Å². The average Bonchev–Trinajstić information content (AvgIpc) is 1.84. The van der Waals surface area contributed by atoms with Crippen LogP contribution in [0.1, 0.15) is 27.2 Å². The van der Waals surface area contributed by atoms with E-state index < -0.39 is 0 Å². The summed E-state index contributed by atoms with van der Waals surface area (Å²) >= 11 is 1.89. The molecule has 0 amide bonds. The van der Waals surface area contributed by atoms with Gasteiger partial charge in [-0.25, -0.2) is 0 Å². The lowest BCUT2D eigenvalue weighted by Crippen LogP contribution is -2.22. The molecule has 0 aliphatic rings. The monoisotopic (exact) mass is 175 g/mol. The third-order valence-electron chi connectivity index (χ3n) is 1.64. The Hall–Kier alpha value is 0.310. The Balaban J connectivity index is 3.68. The maximum absolute atomic E-state index is 5.65. The smallest absolute Gasteiger partial charge is 0.00297 e. The Morgan fingerprint density at radius 2 is 1.91 bits per heavy atom. The Kier molecular flexibility index (Phi) is 5.19. The number of nitrogens with two attached hydrogens (primary N) is 1. The summed E-state index contributed by atoms with van der Waals surface area (Å²) in [7, 11) is 0. The standard InChI is InChI=1S/C9H21NS/c1-9(2,3)5-8(6-10)7-11-4/h8H,5-7,10H2,1-4H3. The number of thioether (sulfide) groups is 1. The van der Waals surface area contributed by atoms with Crippen LogP contribution in [0.15, 0.2) is 0 Å². The van der Waals surface area contributed by atoms with Gasteiger partial charge in [0, 0.05) is 0 Å². The van der Waals surface area contributed by atoms with E-state index in [4.69, 9.17) is 5.73 Å². The Morgan fingerprint density at radius 1 is 1.36 bits per heavy atom. The number of rotatable bonds is 4. The Labute approximate surface area is 75.1 Å². The molecule has 0 spiro atoms. The van der Waals surface area contributed by atoms with Gasteiger partial charge in [-0.05, 0) is 36.3 Å². The first-order valence-corrected chi connectivity index (χ1v) is 5.58. The van der Waals surface area contributed by atoms with Crippen LogP contribution < -0.4 is 5.73 Å². The van der Waals surface area contributed by atoms with Crippen LogP contribution in [0.25, 0.3) is 0 Å². The summed E-state index contributed by atoms with van der Waals surface area (Å²) in [6.07, 6.45) is 3.38. The third-order valence-corrected chi connectivity index (χ3v) is 2.44. The molecule has 0 aliphatic heterocycles. The summed E-state index contributed by atoms with van der Waals surface area (Å²) in [5.41, 5.74) is 6.08. The van der Waals surface area contributed by atoms with Gasteiger partial charge in [0.2, 0.25) is 0 Å². The summed E-state index contributed by atoms with van der Waals surface area (Å²) in [5.74, 6) is 1.90. The fraction of sp³-hybridized carbons (Fsp3) is 1.00. The van der Waals surface area contributed by atoms with E-state index >= 15 is 0 Å². The molecule has 1 atom stereocenters. The lowest BCUT2D eigenvalue weighted by Gasteiger charge is -2.24. The van der Waals surface area contributed by atoms with Crippen LogP contribution in [0.5, 0.6) is 0 Å². The maximum atomic E-state index is 5.65. The zero-order valence-corrected chi connectivity index (χ0v) is 9.00. The predicted octanol–water partition coefficient (Wildman–Crippen LogP) is 2.36. The maximum Gasteiger partial charge on any atom is -0.00297 e. The molecular formula is C9H21NS. The molecule has 0 radical (unpaired) electrons. The molecular weight excluding hydrogens is 154 g/mol. The second kappa shape index (κ2) is 5.04. The SMILES string of the molecule is CSCC(CN)CC(C)(C)C. The van der Waals surface area contributed by atoms with Crippen molar-refractivity contribution in [2.45, 2.75) is 27.2 Å². The minimum atomic E-state index is 0.430. The molecule has 0 aliphatic carbocycles. The second-order valence-corrected chi connectivity index (χ2v) is 5.23. The van der Waals surface area contributed by atoms with Gasteiger partial charge < -0.3 is 5.73 Å². The van der Waals surface area contributed by atoms with Crippen LogP contribution >= 0.6 is 11.8 Å². The highest BCUT2D eigenvalue weighted by atomic mass is 32.2.